The lowest BCUT2D eigenvalue weighted by atomic mass is 9.82. The van der Waals surface area contributed by atoms with E-state index in [9.17, 15) is 24.6 Å². The van der Waals surface area contributed by atoms with Crippen LogP contribution in [0, 0.1) is 5.92 Å². The van der Waals surface area contributed by atoms with Crippen molar-refractivity contribution in [3.8, 4) is 0 Å². The molecule has 1 aromatic carbocycles. The van der Waals surface area contributed by atoms with Crippen molar-refractivity contribution in [2.24, 2.45) is 13.0 Å². The van der Waals surface area contributed by atoms with E-state index in [1.807, 2.05) is 15.5 Å². The van der Waals surface area contributed by atoms with Crippen molar-refractivity contribution in [3.05, 3.63) is 69.8 Å². The van der Waals surface area contributed by atoms with Gasteiger partial charge >= 0.3 is 11.9 Å². The number of aryl methyl sites for hydroxylation is 1. The van der Waals surface area contributed by atoms with E-state index in [-0.39, 0.29) is 23.0 Å². The molecule has 3 aromatic rings. The number of piperidine rings is 1. The largest absolute Gasteiger partial charge is 0.480 e. The van der Waals surface area contributed by atoms with Crippen LogP contribution < -0.4 is 5.56 Å². The minimum Gasteiger partial charge on any atom is -0.480 e. The van der Waals surface area contributed by atoms with Crippen LogP contribution in [-0.2, 0) is 18.4 Å². The number of carboxylic acids is 2. The number of likely N-dealkylation sites (tertiary alicyclic amines) is 1. The standard InChI is InChI=1S/C23H23N3O5/c1-24-12-17(16-6-5-14(22(28)29)8-19(16)24)21(23(30)31)25-9-13-7-15(11-25)18-3-2-4-20(27)26(18)10-13/h2-6,8,12-13,15,21H,7,9-11H2,1H3,(H,28,29)(H,30,31)/t13-,15+,21-/m1/s1. The first-order valence-electron chi connectivity index (χ1n) is 10.3. The Morgan fingerprint density at radius 2 is 1.90 bits per heavy atom. The van der Waals surface area contributed by atoms with Gasteiger partial charge in [0.1, 0.15) is 6.04 Å². The maximum atomic E-state index is 12.4. The Morgan fingerprint density at radius 3 is 2.65 bits per heavy atom. The fourth-order valence-electron chi connectivity index (χ4n) is 5.40. The monoisotopic (exact) mass is 421 g/mol. The summed E-state index contributed by atoms with van der Waals surface area (Å²) < 4.78 is 3.62. The summed E-state index contributed by atoms with van der Waals surface area (Å²) >= 11 is 0. The first-order valence-corrected chi connectivity index (χ1v) is 10.3. The van der Waals surface area contributed by atoms with Crippen molar-refractivity contribution < 1.29 is 19.8 Å². The van der Waals surface area contributed by atoms with Crippen molar-refractivity contribution in [1.82, 2.24) is 14.0 Å². The van der Waals surface area contributed by atoms with E-state index in [0.717, 1.165) is 17.5 Å². The van der Waals surface area contributed by atoms with Crippen LogP contribution in [0.15, 0.2) is 47.4 Å². The minimum atomic E-state index is -1.02. The van der Waals surface area contributed by atoms with E-state index in [1.54, 1.807) is 42.1 Å². The van der Waals surface area contributed by atoms with Gasteiger partial charge in [0.25, 0.3) is 5.56 Å². The third-order valence-electron chi connectivity index (χ3n) is 6.67. The highest BCUT2D eigenvalue weighted by Gasteiger charge is 2.40. The molecule has 2 bridgehead atoms. The van der Waals surface area contributed by atoms with E-state index in [4.69, 9.17) is 0 Å². The fraction of sp³-hybridized carbons (Fsp3) is 0.348. The van der Waals surface area contributed by atoms with Crippen molar-refractivity contribution >= 4 is 22.8 Å². The molecule has 0 radical (unpaired) electrons. The summed E-state index contributed by atoms with van der Waals surface area (Å²) in [6.45, 7) is 1.75. The summed E-state index contributed by atoms with van der Waals surface area (Å²) in [4.78, 5) is 38.1. The number of carbonyl (C=O) groups is 2. The summed E-state index contributed by atoms with van der Waals surface area (Å²) in [5.41, 5.74) is 2.49. The quantitative estimate of drug-likeness (QED) is 0.670. The molecule has 2 N–H and O–H groups in total. The Hall–Kier alpha value is -3.39. The molecule has 0 aliphatic carbocycles. The highest BCUT2D eigenvalue weighted by atomic mass is 16.4. The third-order valence-corrected chi connectivity index (χ3v) is 6.67. The number of hydrogen-bond acceptors (Lipinski definition) is 4. The molecule has 1 saturated heterocycles. The molecule has 31 heavy (non-hydrogen) atoms. The van der Waals surface area contributed by atoms with Gasteiger partial charge in [0.15, 0.2) is 0 Å². The van der Waals surface area contributed by atoms with Crippen LogP contribution in [0.2, 0.25) is 0 Å². The van der Waals surface area contributed by atoms with Gasteiger partial charge in [-0.2, -0.15) is 0 Å². The lowest BCUT2D eigenvalue weighted by Crippen LogP contribution is -2.49. The predicted octanol–water partition coefficient (Wildman–Crippen LogP) is 2.28. The second-order valence-corrected chi connectivity index (χ2v) is 8.63. The molecule has 160 valence electrons. The smallest absolute Gasteiger partial charge is 0.335 e. The van der Waals surface area contributed by atoms with Gasteiger partial charge in [-0.15, -0.1) is 0 Å². The molecule has 3 atom stereocenters. The second-order valence-electron chi connectivity index (χ2n) is 8.63. The highest BCUT2D eigenvalue weighted by Crippen LogP contribution is 2.40. The lowest BCUT2D eigenvalue weighted by molar-refractivity contribution is -0.144. The number of pyridine rings is 1. The minimum absolute atomic E-state index is 0.00118. The molecule has 4 heterocycles. The zero-order valence-corrected chi connectivity index (χ0v) is 17.1. The fourth-order valence-corrected chi connectivity index (χ4v) is 5.40. The van der Waals surface area contributed by atoms with Crippen molar-refractivity contribution in [2.45, 2.75) is 24.9 Å². The number of aromatic carboxylic acids is 1. The highest BCUT2D eigenvalue weighted by molar-refractivity contribution is 5.96. The van der Waals surface area contributed by atoms with Crippen LogP contribution in [0.25, 0.3) is 10.9 Å². The average molecular weight is 421 g/mol. The molecule has 1 fully saturated rings. The Kier molecular flexibility index (Phi) is 4.48. The number of benzene rings is 1. The summed E-state index contributed by atoms with van der Waals surface area (Å²) in [5, 5.41) is 20.2. The molecule has 8 heteroatoms. The zero-order chi connectivity index (χ0) is 21.9. The van der Waals surface area contributed by atoms with Crippen LogP contribution in [0.4, 0.5) is 0 Å². The Morgan fingerprint density at radius 1 is 1.10 bits per heavy atom. The molecule has 2 aromatic heterocycles. The predicted molar refractivity (Wildman–Crippen MR) is 113 cm³/mol. The molecule has 0 unspecified atom stereocenters. The Bertz CT molecular complexity index is 1270. The maximum absolute atomic E-state index is 12.4. The zero-order valence-electron chi connectivity index (χ0n) is 17.1. The number of aliphatic carboxylic acids is 1. The van der Waals surface area contributed by atoms with E-state index < -0.39 is 18.0 Å². The summed E-state index contributed by atoms with van der Waals surface area (Å²) in [7, 11) is 1.80. The van der Waals surface area contributed by atoms with Gasteiger partial charge in [-0.1, -0.05) is 12.1 Å². The van der Waals surface area contributed by atoms with Gasteiger partial charge in [0.05, 0.1) is 5.56 Å². The molecule has 5 rings (SSSR count). The SMILES string of the molecule is Cn1cc([C@H](C(=O)O)N2C[C@H]3C[C@@H](C2)c2cccc(=O)n2C3)c2ccc(C(=O)O)cc21. The van der Waals surface area contributed by atoms with E-state index in [2.05, 4.69) is 0 Å². The first kappa shape index (κ1) is 19.6. The van der Waals surface area contributed by atoms with Gasteiger partial charge < -0.3 is 19.3 Å². The van der Waals surface area contributed by atoms with E-state index in [1.165, 1.54) is 6.07 Å². The van der Waals surface area contributed by atoms with Crippen molar-refractivity contribution in [3.63, 3.8) is 0 Å². The van der Waals surface area contributed by atoms with Crippen molar-refractivity contribution in [1.29, 1.82) is 0 Å². The molecule has 2 aliphatic rings. The van der Waals surface area contributed by atoms with Gasteiger partial charge in [-0.05, 0) is 30.5 Å². The van der Waals surface area contributed by atoms with Crippen LogP contribution >= 0.6 is 0 Å². The van der Waals surface area contributed by atoms with E-state index in [0.29, 0.717) is 30.7 Å². The molecule has 0 spiro atoms. The number of fused-ring (bicyclic) bond motifs is 5. The molecule has 0 saturated carbocycles. The number of carboxylic acid groups (broad SMARTS) is 2. The third kappa shape index (κ3) is 3.14. The topological polar surface area (TPSA) is 105 Å². The first-order chi connectivity index (χ1) is 14.8. The molecular weight excluding hydrogens is 398 g/mol. The normalized spacial score (nSPS) is 21.6. The summed E-state index contributed by atoms with van der Waals surface area (Å²) in [5.74, 6) is -1.63. The van der Waals surface area contributed by atoms with Gasteiger partial charge in [0.2, 0.25) is 0 Å². The number of hydrogen-bond donors (Lipinski definition) is 2. The lowest BCUT2D eigenvalue weighted by Gasteiger charge is -2.44. The number of nitrogens with zero attached hydrogens (tertiary/aromatic N) is 3. The van der Waals surface area contributed by atoms with Crippen molar-refractivity contribution in [2.75, 3.05) is 13.1 Å². The van der Waals surface area contributed by atoms with Gasteiger partial charge in [-0.3, -0.25) is 14.5 Å². The second kappa shape index (κ2) is 7.09. The van der Waals surface area contributed by atoms with Crippen LogP contribution in [0.3, 0.4) is 0 Å². The number of aromatic nitrogens is 2. The summed E-state index contributed by atoms with van der Waals surface area (Å²) in [6.07, 6.45) is 2.74. The van der Waals surface area contributed by atoms with E-state index >= 15 is 0 Å². The summed E-state index contributed by atoms with van der Waals surface area (Å²) in [6, 6.07) is 9.26. The van der Waals surface area contributed by atoms with Crippen LogP contribution in [0.1, 0.15) is 40.0 Å². The van der Waals surface area contributed by atoms with Gasteiger partial charge in [-0.25, -0.2) is 4.79 Å². The van der Waals surface area contributed by atoms with Crippen LogP contribution in [0.5, 0.6) is 0 Å². The Balaban J connectivity index is 1.55. The molecular formula is C23H23N3O5. The maximum Gasteiger partial charge on any atom is 0.335 e. The average Bonchev–Trinajstić information content (AvgIpc) is 3.04. The Labute approximate surface area is 177 Å². The molecule has 0 amide bonds. The molecule has 2 aliphatic heterocycles. The van der Waals surface area contributed by atoms with Crippen LogP contribution in [-0.4, -0.2) is 49.3 Å². The van der Waals surface area contributed by atoms with Gasteiger partial charge in [0, 0.05) is 67.0 Å². The molecule has 8 nitrogen and oxygen atoms in total. The number of rotatable bonds is 4.